The molecule has 5 heteroatoms. The topological polar surface area (TPSA) is 44.9 Å². The number of benzene rings is 2. The van der Waals surface area contributed by atoms with Crippen LogP contribution < -0.4 is 4.90 Å². The number of hydrogen-bond acceptors (Lipinski definition) is 3. The summed E-state index contributed by atoms with van der Waals surface area (Å²) in [6.07, 6.45) is 3.78. The highest BCUT2D eigenvalue weighted by molar-refractivity contribution is 6.30. The van der Waals surface area contributed by atoms with Crippen LogP contribution in [0.25, 0.3) is 0 Å². The molecule has 0 radical (unpaired) electrons. The van der Waals surface area contributed by atoms with Crippen LogP contribution >= 0.6 is 11.6 Å². The Hall–Kier alpha value is -2.77. The van der Waals surface area contributed by atoms with Gasteiger partial charge >= 0.3 is 0 Å². The van der Waals surface area contributed by atoms with Crippen LogP contribution in [-0.2, 0) is 13.1 Å². The van der Waals surface area contributed by atoms with E-state index in [1.807, 2.05) is 42.4 Å². The molecule has 0 N–H and O–H groups in total. The molecule has 120 valence electrons. The maximum atomic E-state index is 9.31. The molecule has 0 saturated carbocycles. The van der Waals surface area contributed by atoms with Crippen molar-refractivity contribution >= 4 is 17.3 Å². The zero-order chi connectivity index (χ0) is 16.9. The first-order chi connectivity index (χ1) is 11.7. The Morgan fingerprint density at radius 3 is 2.75 bits per heavy atom. The summed E-state index contributed by atoms with van der Waals surface area (Å²) in [7, 11) is 1.95. The van der Waals surface area contributed by atoms with Crippen molar-refractivity contribution in [3.63, 3.8) is 0 Å². The smallest absolute Gasteiger partial charge is 0.128 e. The number of rotatable bonds is 5. The van der Waals surface area contributed by atoms with Crippen LogP contribution in [0.4, 0.5) is 5.69 Å². The highest BCUT2D eigenvalue weighted by Gasteiger charge is 2.12. The number of nitriles is 1. The molecular weight excluding hydrogens is 320 g/mol. The molecule has 0 aliphatic carbocycles. The van der Waals surface area contributed by atoms with Crippen molar-refractivity contribution in [2.75, 3.05) is 11.9 Å². The molecule has 0 spiro atoms. The van der Waals surface area contributed by atoms with Gasteiger partial charge in [0.1, 0.15) is 11.9 Å². The first kappa shape index (κ1) is 16.1. The number of hydrogen-bond donors (Lipinski definition) is 0. The van der Waals surface area contributed by atoms with Crippen LogP contribution in [0.15, 0.2) is 60.9 Å². The normalized spacial score (nSPS) is 10.4. The first-order valence-electron chi connectivity index (χ1n) is 7.62. The van der Waals surface area contributed by atoms with E-state index in [1.165, 1.54) is 5.56 Å². The second-order valence-corrected chi connectivity index (χ2v) is 6.02. The van der Waals surface area contributed by atoms with Gasteiger partial charge in [-0.3, -0.25) is 0 Å². The number of aromatic nitrogens is 2. The molecule has 3 aromatic rings. The van der Waals surface area contributed by atoms with Gasteiger partial charge in [0.25, 0.3) is 0 Å². The number of halogens is 1. The lowest BCUT2D eigenvalue weighted by Gasteiger charge is -2.21. The van der Waals surface area contributed by atoms with Crippen LogP contribution in [0.3, 0.4) is 0 Å². The van der Waals surface area contributed by atoms with Gasteiger partial charge in [0.15, 0.2) is 0 Å². The Balaban J connectivity index is 1.80. The zero-order valence-corrected chi connectivity index (χ0v) is 14.1. The molecule has 1 aromatic heterocycles. The lowest BCUT2D eigenvalue weighted by Crippen LogP contribution is -2.20. The molecule has 0 amide bonds. The molecule has 0 fully saturated rings. The lowest BCUT2D eigenvalue weighted by molar-refractivity contribution is 0.707. The predicted molar refractivity (Wildman–Crippen MR) is 96.0 cm³/mol. The fourth-order valence-electron chi connectivity index (χ4n) is 2.64. The summed E-state index contributed by atoms with van der Waals surface area (Å²) < 4.78 is 2.12. The number of imidazole rings is 1. The van der Waals surface area contributed by atoms with E-state index in [4.69, 9.17) is 11.6 Å². The molecule has 0 unspecified atom stereocenters. The molecule has 0 aliphatic rings. The van der Waals surface area contributed by atoms with Crippen LogP contribution in [0, 0.1) is 11.3 Å². The van der Waals surface area contributed by atoms with E-state index in [-0.39, 0.29) is 0 Å². The maximum absolute atomic E-state index is 9.31. The Labute approximate surface area is 146 Å². The van der Waals surface area contributed by atoms with Gasteiger partial charge in [0.05, 0.1) is 17.8 Å². The fourth-order valence-corrected chi connectivity index (χ4v) is 2.82. The van der Waals surface area contributed by atoms with Crippen LogP contribution in [0.5, 0.6) is 0 Å². The molecule has 0 atom stereocenters. The summed E-state index contributed by atoms with van der Waals surface area (Å²) in [6.45, 7) is 1.38. The van der Waals surface area contributed by atoms with E-state index in [9.17, 15) is 5.26 Å². The van der Waals surface area contributed by atoms with Gasteiger partial charge < -0.3 is 9.47 Å². The SMILES string of the molecule is CN(Cc1nccn1Cc1ccccc1)c1ccc(Cl)cc1C#N. The summed E-state index contributed by atoms with van der Waals surface area (Å²) in [5, 5.41) is 9.88. The standard InChI is InChI=1S/C19H17ClN4/c1-23(18-8-7-17(20)11-16(18)12-21)14-19-22-9-10-24(19)13-15-5-3-2-4-6-15/h2-11H,13-14H2,1H3. The Bertz CT molecular complexity index is 865. The quantitative estimate of drug-likeness (QED) is 0.704. The van der Waals surface area contributed by atoms with E-state index in [0.29, 0.717) is 17.1 Å². The van der Waals surface area contributed by atoms with Gasteiger partial charge in [-0.05, 0) is 23.8 Å². The molecule has 24 heavy (non-hydrogen) atoms. The summed E-state index contributed by atoms with van der Waals surface area (Å²) in [5.41, 5.74) is 2.63. The minimum Gasteiger partial charge on any atom is -0.366 e. The third kappa shape index (κ3) is 3.58. The predicted octanol–water partition coefficient (Wildman–Crippen LogP) is 4.09. The zero-order valence-electron chi connectivity index (χ0n) is 13.4. The molecule has 0 saturated heterocycles. The van der Waals surface area contributed by atoms with Crippen molar-refractivity contribution in [1.29, 1.82) is 5.26 Å². The molecule has 0 aliphatic heterocycles. The number of nitrogens with zero attached hydrogens (tertiary/aromatic N) is 4. The Kier molecular flexibility index (Phi) is 4.83. The van der Waals surface area contributed by atoms with Gasteiger partial charge in [-0.1, -0.05) is 41.9 Å². The second-order valence-electron chi connectivity index (χ2n) is 5.59. The highest BCUT2D eigenvalue weighted by atomic mass is 35.5. The molecule has 0 bridgehead atoms. The summed E-state index contributed by atoms with van der Waals surface area (Å²) >= 11 is 5.97. The van der Waals surface area contributed by atoms with Gasteiger partial charge in [-0.15, -0.1) is 0 Å². The van der Waals surface area contributed by atoms with Crippen molar-refractivity contribution in [3.8, 4) is 6.07 Å². The first-order valence-corrected chi connectivity index (χ1v) is 8.00. The largest absolute Gasteiger partial charge is 0.366 e. The van der Waals surface area contributed by atoms with Gasteiger partial charge in [0.2, 0.25) is 0 Å². The summed E-state index contributed by atoms with van der Waals surface area (Å²) in [4.78, 5) is 6.48. The Morgan fingerprint density at radius 1 is 1.21 bits per heavy atom. The van der Waals surface area contributed by atoms with Crippen molar-refractivity contribution in [1.82, 2.24) is 9.55 Å². The van der Waals surface area contributed by atoms with Gasteiger partial charge in [-0.2, -0.15) is 5.26 Å². The van der Waals surface area contributed by atoms with E-state index in [2.05, 4.69) is 27.8 Å². The van der Waals surface area contributed by atoms with Crippen LogP contribution in [-0.4, -0.2) is 16.6 Å². The molecule has 2 aromatic carbocycles. The maximum Gasteiger partial charge on any atom is 0.128 e. The fraction of sp³-hybridized carbons (Fsp3) is 0.158. The monoisotopic (exact) mass is 336 g/mol. The molecular formula is C19H17ClN4. The summed E-state index contributed by atoms with van der Waals surface area (Å²) in [5.74, 6) is 0.945. The Morgan fingerprint density at radius 2 is 2.00 bits per heavy atom. The van der Waals surface area contributed by atoms with Crippen molar-refractivity contribution in [2.24, 2.45) is 0 Å². The minimum atomic E-state index is 0.561. The molecule has 1 heterocycles. The average molecular weight is 337 g/mol. The van der Waals surface area contributed by atoms with Crippen LogP contribution in [0.1, 0.15) is 17.0 Å². The third-order valence-electron chi connectivity index (χ3n) is 3.87. The molecule has 4 nitrogen and oxygen atoms in total. The van der Waals surface area contributed by atoms with E-state index in [0.717, 1.165) is 18.1 Å². The highest BCUT2D eigenvalue weighted by Crippen LogP contribution is 2.24. The molecule has 3 rings (SSSR count). The van der Waals surface area contributed by atoms with E-state index < -0.39 is 0 Å². The second kappa shape index (κ2) is 7.20. The summed E-state index contributed by atoms with van der Waals surface area (Å²) in [6, 6.07) is 17.8. The van der Waals surface area contributed by atoms with Gasteiger partial charge in [-0.25, -0.2) is 4.98 Å². The van der Waals surface area contributed by atoms with E-state index >= 15 is 0 Å². The average Bonchev–Trinajstić information content (AvgIpc) is 3.02. The lowest BCUT2D eigenvalue weighted by atomic mass is 10.2. The van der Waals surface area contributed by atoms with E-state index in [1.54, 1.807) is 18.3 Å². The van der Waals surface area contributed by atoms with Gasteiger partial charge in [0, 0.05) is 31.0 Å². The van der Waals surface area contributed by atoms with Crippen molar-refractivity contribution in [3.05, 3.63) is 82.9 Å². The van der Waals surface area contributed by atoms with Crippen LogP contribution in [0.2, 0.25) is 5.02 Å². The minimum absolute atomic E-state index is 0.561. The van der Waals surface area contributed by atoms with Crippen molar-refractivity contribution < 1.29 is 0 Å². The third-order valence-corrected chi connectivity index (χ3v) is 4.10. The van der Waals surface area contributed by atoms with Crippen molar-refractivity contribution in [2.45, 2.75) is 13.1 Å². The number of anilines is 1.